The van der Waals surface area contributed by atoms with Crippen LogP contribution < -0.4 is 21.7 Å². The lowest BCUT2D eigenvalue weighted by molar-refractivity contribution is 0.410. The summed E-state index contributed by atoms with van der Waals surface area (Å²) in [6, 6.07) is 8.93. The van der Waals surface area contributed by atoms with Gasteiger partial charge in [-0.2, -0.15) is 0 Å². The van der Waals surface area contributed by atoms with Crippen LogP contribution in [0.5, 0.6) is 11.6 Å². The minimum absolute atomic E-state index is 0.111. The van der Waals surface area contributed by atoms with Gasteiger partial charge < -0.3 is 10.5 Å². The lowest BCUT2D eigenvalue weighted by atomic mass is 10.1. The lowest BCUT2D eigenvalue weighted by Gasteiger charge is -2.19. The van der Waals surface area contributed by atoms with E-state index in [4.69, 9.17) is 22.1 Å². The van der Waals surface area contributed by atoms with Gasteiger partial charge in [0.25, 0.3) is 5.56 Å². The summed E-state index contributed by atoms with van der Waals surface area (Å²) < 4.78 is 8.47. The average Bonchev–Trinajstić information content (AvgIpc) is 2.56. The smallest absolute Gasteiger partial charge is 0.331 e. The highest BCUT2D eigenvalue weighted by Gasteiger charge is 2.21. The van der Waals surface area contributed by atoms with Crippen LogP contribution in [0.3, 0.4) is 0 Å². The van der Waals surface area contributed by atoms with E-state index < -0.39 is 11.2 Å². The monoisotopic (exact) mass is 526 g/mol. The normalized spacial score (nSPS) is 11.1. The molecule has 1 aromatic carbocycles. The third-order valence-corrected chi connectivity index (χ3v) is 5.02. The summed E-state index contributed by atoms with van der Waals surface area (Å²) in [6.07, 6.45) is 0. The first-order chi connectivity index (χ1) is 13.6. The van der Waals surface area contributed by atoms with Crippen molar-refractivity contribution in [3.63, 3.8) is 0 Å². The molecule has 29 heavy (non-hydrogen) atoms. The molecule has 0 unspecified atom stereocenters. The molecule has 2 aromatic heterocycles. The number of H-pyrrole nitrogens is 1. The number of aromatic amines is 1. The number of hydrogen-bond acceptors (Lipinski definition) is 5. The number of nitrogens with two attached hydrogens (primary N) is 1. The molecule has 0 radical (unpaired) electrons. The first-order valence-corrected chi connectivity index (χ1v) is 10.3. The van der Waals surface area contributed by atoms with Gasteiger partial charge in [0.1, 0.15) is 16.7 Å². The van der Waals surface area contributed by atoms with E-state index in [9.17, 15) is 9.59 Å². The first-order valence-electron chi connectivity index (χ1n) is 8.88. The Morgan fingerprint density at radius 1 is 1.24 bits per heavy atom. The maximum atomic E-state index is 12.7. The molecule has 0 fully saturated rings. The number of halogens is 2. The summed E-state index contributed by atoms with van der Waals surface area (Å²) in [6.45, 7) is 5.80. The van der Waals surface area contributed by atoms with Crippen molar-refractivity contribution in [1.82, 2.24) is 14.5 Å². The van der Waals surface area contributed by atoms with Crippen molar-refractivity contribution in [3.8, 4) is 11.6 Å². The number of hydrogen-bond donors (Lipinski definition) is 2. The Bertz CT molecular complexity index is 1150. The SMILES string of the molecule is Cc1cc(I)cc(Oc2c(C(C)C)c(=O)[nH]c(=O)n2Cc2cc(N)nc(Cl)c2)c1. The second kappa shape index (κ2) is 8.58. The minimum Gasteiger partial charge on any atom is -0.440 e. The van der Waals surface area contributed by atoms with E-state index in [0.717, 1.165) is 9.13 Å². The van der Waals surface area contributed by atoms with Crippen LogP contribution in [0.25, 0.3) is 0 Å². The van der Waals surface area contributed by atoms with Crippen molar-refractivity contribution in [1.29, 1.82) is 0 Å². The third kappa shape index (κ3) is 4.99. The Balaban J connectivity index is 2.20. The Kier molecular flexibility index (Phi) is 6.33. The molecule has 0 spiro atoms. The second-order valence-corrected chi connectivity index (χ2v) is 8.64. The fourth-order valence-electron chi connectivity index (χ4n) is 3.05. The van der Waals surface area contributed by atoms with Crippen LogP contribution in [0.2, 0.25) is 5.15 Å². The summed E-state index contributed by atoms with van der Waals surface area (Å²) in [5.74, 6) is 0.810. The Morgan fingerprint density at radius 3 is 2.59 bits per heavy atom. The highest BCUT2D eigenvalue weighted by Crippen LogP contribution is 2.29. The molecular formula is C20H20ClIN4O3. The van der Waals surface area contributed by atoms with Crippen LogP contribution in [0.15, 0.2) is 39.9 Å². The number of benzene rings is 1. The predicted octanol–water partition coefficient (Wildman–Crippen LogP) is 4.04. The number of aromatic nitrogens is 3. The average molecular weight is 527 g/mol. The molecule has 0 bridgehead atoms. The van der Waals surface area contributed by atoms with Crippen LogP contribution in [0.4, 0.5) is 5.82 Å². The Morgan fingerprint density at radius 2 is 1.97 bits per heavy atom. The molecular weight excluding hydrogens is 507 g/mol. The predicted molar refractivity (Wildman–Crippen MR) is 122 cm³/mol. The molecule has 3 aromatic rings. The van der Waals surface area contributed by atoms with Gasteiger partial charge in [0.05, 0.1) is 12.1 Å². The standard InChI is InChI=1S/C20H20ClIN4O3/c1-10(2)17-18(27)25-20(28)26(9-12-6-15(21)24-16(23)7-12)19(17)29-14-5-11(3)4-13(22)8-14/h4-8,10H,9H2,1-3H3,(H2,23,24)(H,25,27,28). The zero-order valence-corrected chi connectivity index (χ0v) is 19.0. The van der Waals surface area contributed by atoms with Crippen LogP contribution in [0.1, 0.15) is 36.5 Å². The van der Waals surface area contributed by atoms with Gasteiger partial charge in [0.15, 0.2) is 0 Å². The van der Waals surface area contributed by atoms with E-state index in [0.29, 0.717) is 16.9 Å². The van der Waals surface area contributed by atoms with Crippen LogP contribution in [-0.4, -0.2) is 14.5 Å². The molecule has 0 saturated heterocycles. The fraction of sp³-hybridized carbons (Fsp3) is 0.250. The van der Waals surface area contributed by atoms with Gasteiger partial charge in [0.2, 0.25) is 5.88 Å². The number of anilines is 1. The molecule has 9 heteroatoms. The van der Waals surface area contributed by atoms with Crippen LogP contribution in [-0.2, 0) is 6.54 Å². The van der Waals surface area contributed by atoms with Crippen molar-refractivity contribution in [2.24, 2.45) is 0 Å². The summed E-state index contributed by atoms with van der Waals surface area (Å²) in [4.78, 5) is 31.5. The number of rotatable bonds is 5. The molecule has 0 aliphatic rings. The summed E-state index contributed by atoms with van der Waals surface area (Å²) in [7, 11) is 0. The number of nitrogens with one attached hydrogen (secondary N) is 1. The van der Waals surface area contributed by atoms with Crippen LogP contribution in [0, 0.1) is 10.5 Å². The van der Waals surface area contributed by atoms with Crippen molar-refractivity contribution in [2.45, 2.75) is 33.2 Å². The van der Waals surface area contributed by atoms with Gasteiger partial charge in [-0.1, -0.05) is 25.4 Å². The van der Waals surface area contributed by atoms with E-state index in [1.165, 1.54) is 4.57 Å². The summed E-state index contributed by atoms with van der Waals surface area (Å²) >= 11 is 8.19. The molecule has 3 rings (SSSR count). The van der Waals surface area contributed by atoms with Gasteiger partial charge >= 0.3 is 5.69 Å². The maximum Gasteiger partial charge on any atom is 0.331 e. The van der Waals surface area contributed by atoms with Gasteiger partial charge in [-0.05, 0) is 76.9 Å². The van der Waals surface area contributed by atoms with Gasteiger partial charge in [-0.15, -0.1) is 0 Å². The first kappa shape index (κ1) is 21.4. The molecule has 0 aliphatic carbocycles. The zero-order valence-electron chi connectivity index (χ0n) is 16.1. The maximum absolute atomic E-state index is 12.7. The van der Waals surface area contributed by atoms with E-state index in [1.54, 1.807) is 12.1 Å². The third-order valence-electron chi connectivity index (χ3n) is 4.21. The van der Waals surface area contributed by atoms with Gasteiger partial charge in [-0.3, -0.25) is 14.3 Å². The topological polar surface area (TPSA) is 103 Å². The zero-order chi connectivity index (χ0) is 21.3. The van der Waals surface area contributed by atoms with Crippen molar-refractivity contribution < 1.29 is 4.74 Å². The van der Waals surface area contributed by atoms with Gasteiger partial charge in [-0.25, -0.2) is 9.78 Å². The van der Waals surface area contributed by atoms with E-state index in [2.05, 4.69) is 32.6 Å². The Labute approximate surface area is 186 Å². The molecule has 0 aliphatic heterocycles. The number of nitrogen functional groups attached to an aromatic ring is 1. The molecule has 0 saturated carbocycles. The fourth-order valence-corrected chi connectivity index (χ4v) is 4.09. The number of ether oxygens (including phenoxy) is 1. The van der Waals surface area contributed by atoms with Crippen LogP contribution >= 0.6 is 34.2 Å². The van der Waals surface area contributed by atoms with E-state index in [-0.39, 0.29) is 29.3 Å². The minimum atomic E-state index is -0.580. The highest BCUT2D eigenvalue weighted by molar-refractivity contribution is 14.1. The van der Waals surface area contributed by atoms with E-state index in [1.807, 2.05) is 39.0 Å². The molecule has 0 amide bonds. The van der Waals surface area contributed by atoms with Crippen molar-refractivity contribution >= 4 is 40.0 Å². The highest BCUT2D eigenvalue weighted by atomic mass is 127. The summed E-state index contributed by atoms with van der Waals surface area (Å²) in [5.41, 5.74) is 6.78. The molecule has 2 heterocycles. The largest absolute Gasteiger partial charge is 0.440 e. The number of pyridine rings is 1. The van der Waals surface area contributed by atoms with Crippen molar-refractivity contribution in [3.05, 3.63) is 76.6 Å². The number of aryl methyl sites for hydroxylation is 1. The summed E-state index contributed by atoms with van der Waals surface area (Å²) in [5, 5.41) is 0.220. The molecule has 7 nitrogen and oxygen atoms in total. The molecule has 3 N–H and O–H groups in total. The van der Waals surface area contributed by atoms with Gasteiger partial charge in [0, 0.05) is 3.57 Å². The second-order valence-electron chi connectivity index (χ2n) is 7.01. The molecule has 0 atom stereocenters. The Hall–Kier alpha value is -2.33. The van der Waals surface area contributed by atoms with Crippen molar-refractivity contribution in [2.75, 3.05) is 5.73 Å². The number of nitrogens with zero attached hydrogens (tertiary/aromatic N) is 2. The quantitative estimate of drug-likeness (QED) is 0.386. The van der Waals surface area contributed by atoms with E-state index >= 15 is 0 Å². The molecule has 152 valence electrons. The lowest BCUT2D eigenvalue weighted by Crippen LogP contribution is -2.34.